The fourth-order valence-corrected chi connectivity index (χ4v) is 1.36. The van der Waals surface area contributed by atoms with E-state index in [1.165, 1.54) is 0 Å². The fraction of sp³-hybridized carbons (Fsp3) is 0.700. The Morgan fingerprint density at radius 2 is 2.31 bits per heavy atom. The van der Waals surface area contributed by atoms with Crippen molar-refractivity contribution in [2.24, 2.45) is 0 Å². The van der Waals surface area contributed by atoms with Crippen molar-refractivity contribution in [3.63, 3.8) is 0 Å². The van der Waals surface area contributed by atoms with E-state index < -0.39 is 0 Å². The lowest BCUT2D eigenvalue weighted by Crippen LogP contribution is -2.39. The molecule has 74 valence electrons. The molecule has 0 saturated carbocycles. The highest BCUT2D eigenvalue weighted by Crippen LogP contribution is 2.05. The Kier molecular flexibility index (Phi) is 3.96. The molecular formula is C10H17NO2. The lowest BCUT2D eigenvalue weighted by Gasteiger charge is -2.22. The quantitative estimate of drug-likeness (QED) is 0.654. The van der Waals surface area contributed by atoms with Gasteiger partial charge in [0.05, 0.1) is 12.6 Å². The molecular weight excluding hydrogens is 166 g/mol. The number of hydrogen-bond donors (Lipinski definition) is 1. The topological polar surface area (TPSA) is 38.3 Å². The van der Waals surface area contributed by atoms with E-state index in [0.29, 0.717) is 6.61 Å². The Bertz CT molecular complexity index is 201. The zero-order valence-electron chi connectivity index (χ0n) is 8.30. The summed E-state index contributed by atoms with van der Waals surface area (Å²) in [5, 5.41) is 2.91. The van der Waals surface area contributed by atoms with Gasteiger partial charge in [0.2, 0.25) is 5.91 Å². The minimum absolute atomic E-state index is 0.00417. The molecule has 0 unspecified atom stereocenters. The Morgan fingerprint density at radius 3 is 2.85 bits per heavy atom. The number of allylic oxidation sites excluding steroid dienone is 1. The van der Waals surface area contributed by atoms with Crippen molar-refractivity contribution in [1.29, 1.82) is 0 Å². The Labute approximate surface area is 79.2 Å². The first kappa shape index (κ1) is 10.3. The molecule has 13 heavy (non-hydrogen) atoms. The minimum Gasteiger partial charge on any atom is -0.379 e. The molecule has 1 heterocycles. The first-order chi connectivity index (χ1) is 6.18. The van der Waals surface area contributed by atoms with Crippen molar-refractivity contribution < 1.29 is 9.53 Å². The highest BCUT2D eigenvalue weighted by atomic mass is 16.5. The molecule has 1 fully saturated rings. The molecule has 0 spiro atoms. The Hall–Kier alpha value is -0.830. The molecule has 0 bridgehead atoms. The predicted molar refractivity (Wildman–Crippen MR) is 51.4 cm³/mol. The first-order valence-corrected chi connectivity index (χ1v) is 4.71. The van der Waals surface area contributed by atoms with Crippen molar-refractivity contribution in [3.05, 3.63) is 11.6 Å². The van der Waals surface area contributed by atoms with Gasteiger partial charge in [-0.05, 0) is 26.7 Å². The molecule has 0 aromatic heterocycles. The van der Waals surface area contributed by atoms with E-state index in [4.69, 9.17) is 4.74 Å². The van der Waals surface area contributed by atoms with Gasteiger partial charge >= 0.3 is 0 Å². The lowest BCUT2D eigenvalue weighted by molar-refractivity contribution is -0.118. The van der Waals surface area contributed by atoms with Gasteiger partial charge in [0.25, 0.3) is 0 Å². The number of carbonyl (C=O) groups is 1. The van der Waals surface area contributed by atoms with Gasteiger partial charge in [-0.15, -0.1) is 0 Å². The second-order valence-electron chi connectivity index (χ2n) is 3.64. The smallest absolute Gasteiger partial charge is 0.244 e. The van der Waals surface area contributed by atoms with E-state index in [9.17, 15) is 4.79 Å². The van der Waals surface area contributed by atoms with Gasteiger partial charge in [-0.2, -0.15) is 0 Å². The minimum atomic E-state index is -0.00417. The van der Waals surface area contributed by atoms with Crippen LogP contribution in [0.2, 0.25) is 0 Å². The van der Waals surface area contributed by atoms with E-state index in [-0.39, 0.29) is 11.9 Å². The van der Waals surface area contributed by atoms with E-state index in [1.54, 1.807) is 6.08 Å². The number of amides is 1. The van der Waals surface area contributed by atoms with Gasteiger partial charge in [0.15, 0.2) is 0 Å². The van der Waals surface area contributed by atoms with Crippen LogP contribution in [-0.4, -0.2) is 25.2 Å². The van der Waals surface area contributed by atoms with E-state index in [1.807, 2.05) is 13.8 Å². The summed E-state index contributed by atoms with van der Waals surface area (Å²) in [6.07, 6.45) is 3.69. The van der Waals surface area contributed by atoms with Crippen LogP contribution < -0.4 is 5.32 Å². The van der Waals surface area contributed by atoms with Crippen LogP contribution in [0.15, 0.2) is 11.6 Å². The van der Waals surface area contributed by atoms with E-state index in [2.05, 4.69) is 5.32 Å². The molecule has 1 aliphatic heterocycles. The molecule has 3 heteroatoms. The third-order valence-corrected chi connectivity index (χ3v) is 1.93. The average Bonchev–Trinajstić information content (AvgIpc) is 2.04. The summed E-state index contributed by atoms with van der Waals surface area (Å²) < 4.78 is 5.25. The maximum atomic E-state index is 11.3. The standard InChI is InChI=1S/C10H17NO2/c1-8(2)6-10(12)11-9-4-3-5-13-7-9/h6,9H,3-5,7H2,1-2H3,(H,11,12)/t9-/m0/s1. The molecule has 1 rings (SSSR count). The van der Waals surface area contributed by atoms with Crippen LogP contribution in [0.4, 0.5) is 0 Å². The van der Waals surface area contributed by atoms with E-state index in [0.717, 1.165) is 25.0 Å². The van der Waals surface area contributed by atoms with Gasteiger partial charge in [-0.1, -0.05) is 5.57 Å². The summed E-state index contributed by atoms with van der Waals surface area (Å²) in [7, 11) is 0. The van der Waals surface area contributed by atoms with Crippen LogP contribution in [-0.2, 0) is 9.53 Å². The van der Waals surface area contributed by atoms with Crippen LogP contribution in [0, 0.1) is 0 Å². The highest BCUT2D eigenvalue weighted by Gasteiger charge is 2.14. The SMILES string of the molecule is CC(C)=CC(=O)N[C@H]1CCCOC1. The van der Waals surface area contributed by atoms with Crippen LogP contribution in [0.25, 0.3) is 0 Å². The van der Waals surface area contributed by atoms with Gasteiger partial charge in [0, 0.05) is 12.7 Å². The first-order valence-electron chi connectivity index (χ1n) is 4.71. The summed E-state index contributed by atoms with van der Waals surface area (Å²) in [4.78, 5) is 11.3. The van der Waals surface area contributed by atoms with Crippen LogP contribution >= 0.6 is 0 Å². The van der Waals surface area contributed by atoms with Gasteiger partial charge < -0.3 is 10.1 Å². The average molecular weight is 183 g/mol. The number of carbonyl (C=O) groups excluding carboxylic acids is 1. The van der Waals surface area contributed by atoms with E-state index >= 15 is 0 Å². The van der Waals surface area contributed by atoms with Crippen molar-refractivity contribution in [3.8, 4) is 0 Å². The molecule has 0 aromatic rings. The summed E-state index contributed by atoms with van der Waals surface area (Å²) in [5.74, 6) is -0.00417. The van der Waals surface area contributed by atoms with Crippen molar-refractivity contribution in [2.75, 3.05) is 13.2 Å². The molecule has 1 amide bonds. The maximum absolute atomic E-state index is 11.3. The number of ether oxygens (including phenoxy) is 1. The third kappa shape index (κ3) is 4.08. The molecule has 0 aliphatic carbocycles. The van der Waals surface area contributed by atoms with Gasteiger partial charge in [-0.25, -0.2) is 0 Å². The molecule has 1 aliphatic rings. The lowest BCUT2D eigenvalue weighted by atomic mass is 10.1. The fourth-order valence-electron chi connectivity index (χ4n) is 1.36. The number of hydrogen-bond acceptors (Lipinski definition) is 2. The summed E-state index contributed by atoms with van der Waals surface area (Å²) in [6, 6.07) is 0.205. The zero-order chi connectivity index (χ0) is 9.68. The summed E-state index contributed by atoms with van der Waals surface area (Å²) in [5.41, 5.74) is 1.02. The molecule has 0 aromatic carbocycles. The molecule has 1 N–H and O–H groups in total. The Balaban J connectivity index is 2.30. The number of nitrogens with one attached hydrogen (secondary N) is 1. The van der Waals surface area contributed by atoms with Gasteiger partial charge in [-0.3, -0.25) is 4.79 Å². The van der Waals surface area contributed by atoms with Gasteiger partial charge in [0.1, 0.15) is 0 Å². The number of rotatable bonds is 2. The van der Waals surface area contributed by atoms with Crippen LogP contribution in [0.1, 0.15) is 26.7 Å². The predicted octanol–water partition coefficient (Wildman–Crippen LogP) is 1.25. The van der Waals surface area contributed by atoms with Crippen molar-refractivity contribution in [1.82, 2.24) is 5.32 Å². The second-order valence-corrected chi connectivity index (χ2v) is 3.64. The maximum Gasteiger partial charge on any atom is 0.244 e. The molecule has 1 atom stereocenters. The highest BCUT2D eigenvalue weighted by molar-refractivity contribution is 5.88. The van der Waals surface area contributed by atoms with Crippen LogP contribution in [0.3, 0.4) is 0 Å². The van der Waals surface area contributed by atoms with Crippen LogP contribution in [0.5, 0.6) is 0 Å². The second kappa shape index (κ2) is 5.02. The summed E-state index contributed by atoms with van der Waals surface area (Å²) in [6.45, 7) is 5.31. The largest absolute Gasteiger partial charge is 0.379 e. The Morgan fingerprint density at radius 1 is 1.54 bits per heavy atom. The zero-order valence-corrected chi connectivity index (χ0v) is 8.30. The molecule has 0 radical (unpaired) electrons. The van der Waals surface area contributed by atoms with Crippen molar-refractivity contribution >= 4 is 5.91 Å². The molecule has 1 saturated heterocycles. The third-order valence-electron chi connectivity index (χ3n) is 1.93. The van der Waals surface area contributed by atoms with Crippen molar-refractivity contribution in [2.45, 2.75) is 32.7 Å². The monoisotopic (exact) mass is 183 g/mol. The summed E-state index contributed by atoms with van der Waals surface area (Å²) >= 11 is 0. The normalized spacial score (nSPS) is 22.2. The molecule has 3 nitrogen and oxygen atoms in total.